The molecule has 0 spiro atoms. The number of carbonyl (C=O) groups is 1. The van der Waals surface area contributed by atoms with E-state index in [0.717, 1.165) is 16.8 Å². The monoisotopic (exact) mass is 395 g/mol. The van der Waals surface area contributed by atoms with Crippen LogP contribution in [0, 0.1) is 13.8 Å². The molecule has 8 heteroatoms. The number of amides is 1. The lowest BCUT2D eigenvalue weighted by Crippen LogP contribution is -2.44. The topological polar surface area (TPSA) is 88.1 Å². The third-order valence-corrected chi connectivity index (χ3v) is 4.73. The summed E-state index contributed by atoms with van der Waals surface area (Å²) in [7, 11) is 0. The predicted molar refractivity (Wildman–Crippen MR) is 114 cm³/mol. The third-order valence-electron chi connectivity index (χ3n) is 4.52. The third kappa shape index (κ3) is 3.86. The maximum Gasteiger partial charge on any atom is 0.290 e. The highest BCUT2D eigenvalue weighted by molar-refractivity contribution is 7.80. The molecule has 0 fully saturated rings. The van der Waals surface area contributed by atoms with Crippen LogP contribution in [0.2, 0.25) is 0 Å². The summed E-state index contributed by atoms with van der Waals surface area (Å²) in [6.07, 6.45) is 0. The first-order valence-corrected chi connectivity index (χ1v) is 9.26. The second kappa shape index (κ2) is 8.18. The van der Waals surface area contributed by atoms with Crippen molar-refractivity contribution in [3.05, 3.63) is 69.6 Å². The molecule has 7 nitrogen and oxygen atoms in total. The smallest absolute Gasteiger partial charge is 0.290 e. The van der Waals surface area contributed by atoms with Gasteiger partial charge in [-0.1, -0.05) is 30.3 Å². The minimum atomic E-state index is -0.483. The van der Waals surface area contributed by atoms with E-state index in [9.17, 15) is 9.59 Å². The molecule has 1 heterocycles. The second-order valence-corrected chi connectivity index (χ2v) is 6.70. The zero-order valence-corrected chi connectivity index (χ0v) is 16.7. The summed E-state index contributed by atoms with van der Waals surface area (Å²) >= 11 is 5.26. The van der Waals surface area contributed by atoms with Crippen LogP contribution in [0.5, 0.6) is 0 Å². The summed E-state index contributed by atoms with van der Waals surface area (Å²) in [6, 6.07) is 12.7. The van der Waals surface area contributed by atoms with Crippen LogP contribution in [0.1, 0.15) is 28.5 Å². The van der Waals surface area contributed by atoms with E-state index in [2.05, 4.69) is 21.3 Å². The molecule has 3 N–H and O–H groups in total. The standard InChI is InChI=1S/C20H21N5O2S/c1-4-25-19(27)15-10-6-5-9-14(15)17(24-25)18(26)22-23-20(28)21-16-11-7-8-12(2)13(16)3/h5-11H,4H2,1-3H3,(H,22,26)(H2,21,23,28). The summed E-state index contributed by atoms with van der Waals surface area (Å²) < 4.78 is 1.27. The van der Waals surface area contributed by atoms with Crippen LogP contribution < -0.4 is 21.7 Å². The summed E-state index contributed by atoms with van der Waals surface area (Å²) in [4.78, 5) is 25.1. The van der Waals surface area contributed by atoms with Gasteiger partial charge in [0.1, 0.15) is 0 Å². The number of rotatable bonds is 3. The molecule has 0 saturated carbocycles. The Labute approximate surface area is 167 Å². The Morgan fingerprint density at radius 3 is 2.50 bits per heavy atom. The van der Waals surface area contributed by atoms with Crippen molar-refractivity contribution in [3.8, 4) is 0 Å². The number of aryl methyl sites for hydroxylation is 2. The lowest BCUT2D eigenvalue weighted by Gasteiger charge is -2.15. The Morgan fingerprint density at radius 2 is 1.79 bits per heavy atom. The fourth-order valence-electron chi connectivity index (χ4n) is 2.83. The first-order valence-electron chi connectivity index (χ1n) is 8.85. The first-order chi connectivity index (χ1) is 13.4. The fourth-order valence-corrected chi connectivity index (χ4v) is 2.99. The van der Waals surface area contributed by atoms with Crippen molar-refractivity contribution < 1.29 is 4.79 Å². The quantitative estimate of drug-likeness (QED) is 0.467. The molecule has 2 aromatic carbocycles. The van der Waals surface area contributed by atoms with Gasteiger partial charge < -0.3 is 5.32 Å². The van der Waals surface area contributed by atoms with Gasteiger partial charge in [0, 0.05) is 17.6 Å². The predicted octanol–water partition coefficient (Wildman–Crippen LogP) is 2.66. The Kier molecular flexibility index (Phi) is 5.70. The molecule has 3 rings (SSSR count). The van der Waals surface area contributed by atoms with E-state index >= 15 is 0 Å². The maximum atomic E-state index is 12.7. The second-order valence-electron chi connectivity index (χ2n) is 6.30. The van der Waals surface area contributed by atoms with Gasteiger partial charge in [0.15, 0.2) is 10.8 Å². The molecule has 144 valence electrons. The number of carbonyl (C=O) groups excluding carboxylic acids is 1. The van der Waals surface area contributed by atoms with Crippen LogP contribution >= 0.6 is 12.2 Å². The number of hydrazine groups is 1. The van der Waals surface area contributed by atoms with Gasteiger partial charge in [-0.2, -0.15) is 5.10 Å². The van der Waals surface area contributed by atoms with Gasteiger partial charge in [0.05, 0.1) is 5.39 Å². The van der Waals surface area contributed by atoms with Gasteiger partial charge in [0.25, 0.3) is 11.5 Å². The maximum absolute atomic E-state index is 12.7. The molecular weight excluding hydrogens is 374 g/mol. The molecule has 28 heavy (non-hydrogen) atoms. The lowest BCUT2D eigenvalue weighted by molar-refractivity contribution is 0.0938. The Bertz CT molecular complexity index is 1120. The van der Waals surface area contributed by atoms with Crippen LogP contribution in [-0.4, -0.2) is 20.8 Å². The number of thiocarbonyl (C=S) groups is 1. The highest BCUT2D eigenvalue weighted by atomic mass is 32.1. The number of fused-ring (bicyclic) bond motifs is 1. The Hall–Kier alpha value is -3.26. The minimum absolute atomic E-state index is 0.152. The molecule has 0 aliphatic heterocycles. The molecule has 0 aliphatic rings. The molecular formula is C20H21N5O2S. The van der Waals surface area contributed by atoms with Crippen molar-refractivity contribution in [2.75, 3.05) is 5.32 Å². The molecule has 0 bridgehead atoms. The molecule has 1 amide bonds. The van der Waals surface area contributed by atoms with Crippen molar-refractivity contribution in [2.24, 2.45) is 0 Å². The van der Waals surface area contributed by atoms with Gasteiger partial charge >= 0.3 is 0 Å². The van der Waals surface area contributed by atoms with Gasteiger partial charge in [-0.15, -0.1) is 0 Å². The number of nitrogens with zero attached hydrogens (tertiary/aromatic N) is 2. The largest absolute Gasteiger partial charge is 0.331 e. The van der Waals surface area contributed by atoms with Gasteiger partial charge in [0.2, 0.25) is 0 Å². The highest BCUT2D eigenvalue weighted by Gasteiger charge is 2.16. The number of hydrogen-bond acceptors (Lipinski definition) is 4. The van der Waals surface area contributed by atoms with Crippen LogP contribution in [0.15, 0.2) is 47.3 Å². The summed E-state index contributed by atoms with van der Waals surface area (Å²) in [5.41, 5.74) is 8.22. The van der Waals surface area contributed by atoms with E-state index in [-0.39, 0.29) is 16.4 Å². The molecule has 0 radical (unpaired) electrons. The Morgan fingerprint density at radius 1 is 1.07 bits per heavy atom. The van der Waals surface area contributed by atoms with Crippen LogP contribution in [-0.2, 0) is 6.54 Å². The molecule has 0 unspecified atom stereocenters. The minimum Gasteiger partial charge on any atom is -0.331 e. The van der Waals surface area contributed by atoms with Gasteiger partial charge in [-0.25, -0.2) is 4.68 Å². The van der Waals surface area contributed by atoms with Crippen molar-refractivity contribution in [1.29, 1.82) is 0 Å². The SMILES string of the molecule is CCn1nc(C(=O)NNC(=S)Nc2cccc(C)c2C)c2ccccc2c1=O. The van der Waals surface area contributed by atoms with E-state index in [1.807, 2.05) is 32.0 Å². The molecule has 0 aliphatic carbocycles. The molecule has 3 aromatic rings. The Balaban J connectivity index is 1.78. The lowest BCUT2D eigenvalue weighted by atomic mass is 10.1. The summed E-state index contributed by atoms with van der Waals surface area (Å²) in [6.45, 7) is 6.16. The number of anilines is 1. The van der Waals surface area contributed by atoms with E-state index in [1.54, 1.807) is 31.2 Å². The normalized spacial score (nSPS) is 10.5. The summed E-state index contributed by atoms with van der Waals surface area (Å²) in [5, 5.41) is 8.43. The van der Waals surface area contributed by atoms with Crippen molar-refractivity contribution in [3.63, 3.8) is 0 Å². The average molecular weight is 395 g/mol. The molecule has 0 atom stereocenters. The van der Waals surface area contributed by atoms with Crippen LogP contribution in [0.3, 0.4) is 0 Å². The van der Waals surface area contributed by atoms with Crippen LogP contribution in [0.4, 0.5) is 5.69 Å². The van der Waals surface area contributed by atoms with Gasteiger partial charge in [-0.3, -0.25) is 20.4 Å². The van der Waals surface area contributed by atoms with Crippen LogP contribution in [0.25, 0.3) is 10.8 Å². The first kappa shape index (κ1) is 19.5. The fraction of sp³-hybridized carbons (Fsp3) is 0.200. The zero-order valence-electron chi connectivity index (χ0n) is 15.9. The number of aromatic nitrogens is 2. The zero-order chi connectivity index (χ0) is 20.3. The van der Waals surface area contributed by atoms with E-state index in [1.165, 1.54) is 4.68 Å². The number of hydrogen-bond donors (Lipinski definition) is 3. The highest BCUT2D eigenvalue weighted by Crippen LogP contribution is 2.17. The van der Waals surface area contributed by atoms with Crippen molar-refractivity contribution in [2.45, 2.75) is 27.3 Å². The number of benzene rings is 2. The molecule has 0 saturated heterocycles. The molecule has 1 aromatic heterocycles. The van der Waals surface area contributed by atoms with E-state index < -0.39 is 5.91 Å². The number of nitrogens with one attached hydrogen (secondary N) is 3. The van der Waals surface area contributed by atoms with Crippen molar-refractivity contribution >= 4 is 39.7 Å². The van der Waals surface area contributed by atoms with E-state index in [0.29, 0.717) is 17.3 Å². The van der Waals surface area contributed by atoms with Gasteiger partial charge in [-0.05, 0) is 56.2 Å². The van der Waals surface area contributed by atoms with E-state index in [4.69, 9.17) is 12.2 Å². The summed E-state index contributed by atoms with van der Waals surface area (Å²) in [5.74, 6) is -0.483. The van der Waals surface area contributed by atoms with Crippen molar-refractivity contribution in [1.82, 2.24) is 20.6 Å². The average Bonchev–Trinajstić information content (AvgIpc) is 2.70.